The van der Waals surface area contributed by atoms with Gasteiger partial charge in [0.2, 0.25) is 5.92 Å². The van der Waals surface area contributed by atoms with Crippen LogP contribution in [0.25, 0.3) is 0 Å². The fourth-order valence-electron chi connectivity index (χ4n) is 3.02. The van der Waals surface area contributed by atoms with Gasteiger partial charge in [0.25, 0.3) is 0 Å². The van der Waals surface area contributed by atoms with Crippen LogP contribution >= 0.6 is 0 Å². The molecule has 0 unspecified atom stereocenters. The summed E-state index contributed by atoms with van der Waals surface area (Å²) in [6, 6.07) is 0. The SMILES string of the molecule is CC(C)(C)N(CCCCS(=O)(=O)CC1CCC(F)(F)CC1)C(=O)O. The maximum Gasteiger partial charge on any atom is 0.407 e. The van der Waals surface area contributed by atoms with E-state index in [1.165, 1.54) is 4.90 Å². The standard InChI is InChI=1S/C16H29F2NO4S/c1-15(2,3)19(14(20)21)10-4-5-11-24(22,23)12-13-6-8-16(17,18)9-7-13/h13H,4-12H2,1-3H3,(H,20,21). The van der Waals surface area contributed by atoms with E-state index in [2.05, 4.69) is 0 Å². The highest BCUT2D eigenvalue weighted by Crippen LogP contribution is 2.36. The van der Waals surface area contributed by atoms with Crippen molar-refractivity contribution < 1.29 is 27.1 Å². The van der Waals surface area contributed by atoms with Gasteiger partial charge in [-0.05, 0) is 52.4 Å². The molecule has 8 heteroatoms. The summed E-state index contributed by atoms with van der Waals surface area (Å²) in [4.78, 5) is 12.5. The van der Waals surface area contributed by atoms with E-state index in [9.17, 15) is 27.1 Å². The molecule has 1 N–H and O–H groups in total. The second kappa shape index (κ2) is 7.97. The predicted octanol–water partition coefficient (Wildman–Crippen LogP) is 3.79. The number of carboxylic acid groups (broad SMARTS) is 1. The maximum absolute atomic E-state index is 13.1. The third kappa shape index (κ3) is 7.32. The molecule has 1 aliphatic carbocycles. The molecule has 0 saturated heterocycles. The number of nitrogens with zero attached hydrogens (tertiary/aromatic N) is 1. The molecule has 142 valence electrons. The van der Waals surface area contributed by atoms with E-state index in [0.717, 1.165) is 0 Å². The second-order valence-corrected chi connectivity index (χ2v) is 9.95. The van der Waals surface area contributed by atoms with Crippen LogP contribution in [0, 0.1) is 5.92 Å². The molecule has 0 atom stereocenters. The molecular formula is C16H29F2NO4S. The Morgan fingerprint density at radius 1 is 1.21 bits per heavy atom. The van der Waals surface area contributed by atoms with Crippen LogP contribution in [0.15, 0.2) is 0 Å². The van der Waals surface area contributed by atoms with Crippen LogP contribution < -0.4 is 0 Å². The molecular weight excluding hydrogens is 340 g/mol. The minimum absolute atomic E-state index is 0.0164. The summed E-state index contributed by atoms with van der Waals surface area (Å²) < 4.78 is 50.4. The predicted molar refractivity (Wildman–Crippen MR) is 89.3 cm³/mol. The number of carbonyl (C=O) groups is 1. The Morgan fingerprint density at radius 3 is 2.21 bits per heavy atom. The van der Waals surface area contributed by atoms with E-state index < -0.39 is 27.4 Å². The van der Waals surface area contributed by atoms with Crippen molar-refractivity contribution >= 4 is 15.9 Å². The molecule has 1 fully saturated rings. The number of unbranched alkanes of at least 4 members (excludes halogenated alkanes) is 1. The minimum Gasteiger partial charge on any atom is -0.465 e. The van der Waals surface area contributed by atoms with Gasteiger partial charge in [-0.3, -0.25) is 0 Å². The van der Waals surface area contributed by atoms with Crippen LogP contribution in [-0.4, -0.2) is 54.0 Å². The Balaban J connectivity index is 2.37. The quantitative estimate of drug-likeness (QED) is 0.693. The first-order valence-corrected chi connectivity index (χ1v) is 10.2. The highest BCUT2D eigenvalue weighted by Gasteiger charge is 2.36. The fraction of sp³-hybridized carbons (Fsp3) is 0.938. The molecule has 5 nitrogen and oxygen atoms in total. The van der Waals surface area contributed by atoms with Gasteiger partial charge in [0.15, 0.2) is 9.84 Å². The maximum atomic E-state index is 13.1. The van der Waals surface area contributed by atoms with Crippen LogP contribution in [0.1, 0.15) is 59.3 Å². The molecule has 0 aliphatic heterocycles. The highest BCUT2D eigenvalue weighted by molar-refractivity contribution is 7.91. The fourth-order valence-corrected chi connectivity index (χ4v) is 4.88. The van der Waals surface area contributed by atoms with Crippen LogP contribution in [-0.2, 0) is 9.84 Å². The normalized spacial score (nSPS) is 19.2. The van der Waals surface area contributed by atoms with Crippen molar-refractivity contribution in [3.8, 4) is 0 Å². The molecule has 24 heavy (non-hydrogen) atoms. The van der Waals surface area contributed by atoms with Crippen molar-refractivity contribution in [1.82, 2.24) is 4.90 Å². The van der Waals surface area contributed by atoms with Crippen molar-refractivity contribution in [3.63, 3.8) is 0 Å². The lowest BCUT2D eigenvalue weighted by Crippen LogP contribution is -2.45. The third-order valence-corrected chi connectivity index (χ3v) is 6.34. The first-order valence-electron chi connectivity index (χ1n) is 8.41. The highest BCUT2D eigenvalue weighted by atomic mass is 32.2. The van der Waals surface area contributed by atoms with Gasteiger partial charge < -0.3 is 10.0 Å². The van der Waals surface area contributed by atoms with Crippen molar-refractivity contribution in [2.24, 2.45) is 5.92 Å². The Labute approximate surface area is 143 Å². The zero-order chi connectivity index (χ0) is 18.6. The van der Waals surface area contributed by atoms with Gasteiger partial charge in [0.1, 0.15) is 0 Å². The zero-order valence-corrected chi connectivity index (χ0v) is 15.5. The molecule has 1 saturated carbocycles. The second-order valence-electron chi connectivity index (χ2n) is 7.73. The summed E-state index contributed by atoms with van der Waals surface area (Å²) >= 11 is 0. The first kappa shape index (κ1) is 21.1. The lowest BCUT2D eigenvalue weighted by Gasteiger charge is -2.33. The van der Waals surface area contributed by atoms with Gasteiger partial charge in [0, 0.05) is 24.9 Å². The Morgan fingerprint density at radius 2 is 1.75 bits per heavy atom. The number of halogens is 2. The molecule has 0 heterocycles. The third-order valence-electron chi connectivity index (χ3n) is 4.45. The van der Waals surface area contributed by atoms with Gasteiger partial charge in [-0.15, -0.1) is 0 Å². The lowest BCUT2D eigenvalue weighted by atomic mass is 9.88. The van der Waals surface area contributed by atoms with Crippen molar-refractivity contribution in [2.45, 2.75) is 70.8 Å². The van der Waals surface area contributed by atoms with E-state index in [0.29, 0.717) is 12.8 Å². The smallest absolute Gasteiger partial charge is 0.407 e. The molecule has 0 spiro atoms. The molecule has 0 aromatic rings. The molecule has 1 aliphatic rings. The average Bonchev–Trinajstić information content (AvgIpc) is 2.38. The molecule has 0 aromatic heterocycles. The summed E-state index contributed by atoms with van der Waals surface area (Å²) in [5.74, 6) is -2.88. The monoisotopic (exact) mass is 369 g/mol. The summed E-state index contributed by atoms with van der Waals surface area (Å²) in [5.41, 5.74) is -0.530. The molecule has 0 radical (unpaired) electrons. The van der Waals surface area contributed by atoms with Gasteiger partial charge >= 0.3 is 6.09 Å². The number of alkyl halides is 2. The first-order chi connectivity index (χ1) is 10.8. The molecule has 0 aromatic carbocycles. The topological polar surface area (TPSA) is 74.7 Å². The van der Waals surface area contributed by atoms with Crippen molar-refractivity contribution in [1.29, 1.82) is 0 Å². The van der Waals surface area contributed by atoms with Gasteiger partial charge in [-0.25, -0.2) is 22.0 Å². The number of hydrogen-bond acceptors (Lipinski definition) is 3. The van der Waals surface area contributed by atoms with Crippen LogP contribution in [0.4, 0.5) is 13.6 Å². The number of sulfone groups is 1. The summed E-state index contributed by atoms with van der Waals surface area (Å²) in [5, 5.41) is 9.17. The van der Waals surface area contributed by atoms with Crippen molar-refractivity contribution in [2.75, 3.05) is 18.1 Å². The Bertz CT molecular complexity index is 519. The van der Waals surface area contributed by atoms with E-state index >= 15 is 0 Å². The van der Waals surface area contributed by atoms with E-state index in [1.807, 2.05) is 0 Å². The van der Waals surface area contributed by atoms with Crippen LogP contribution in [0.5, 0.6) is 0 Å². The molecule has 0 bridgehead atoms. The molecule has 1 amide bonds. The van der Waals surface area contributed by atoms with Gasteiger partial charge in [0.05, 0.1) is 11.5 Å². The van der Waals surface area contributed by atoms with Crippen molar-refractivity contribution in [3.05, 3.63) is 0 Å². The summed E-state index contributed by atoms with van der Waals surface area (Å²) in [6.07, 6.45) is -0.130. The Hall–Kier alpha value is -0.920. The largest absolute Gasteiger partial charge is 0.465 e. The van der Waals surface area contributed by atoms with Gasteiger partial charge in [-0.2, -0.15) is 0 Å². The Kier molecular flexibility index (Phi) is 7.02. The summed E-state index contributed by atoms with van der Waals surface area (Å²) in [7, 11) is -3.28. The van der Waals surface area contributed by atoms with E-state index in [1.54, 1.807) is 20.8 Å². The zero-order valence-electron chi connectivity index (χ0n) is 14.7. The van der Waals surface area contributed by atoms with Crippen LogP contribution in [0.3, 0.4) is 0 Å². The minimum atomic E-state index is -3.28. The average molecular weight is 369 g/mol. The van der Waals surface area contributed by atoms with E-state index in [-0.39, 0.29) is 49.7 Å². The summed E-state index contributed by atoms with van der Waals surface area (Å²) in [6.45, 7) is 5.65. The van der Waals surface area contributed by atoms with Gasteiger partial charge in [-0.1, -0.05) is 0 Å². The van der Waals surface area contributed by atoms with E-state index in [4.69, 9.17) is 0 Å². The van der Waals surface area contributed by atoms with Crippen LogP contribution in [0.2, 0.25) is 0 Å². The number of hydrogen-bond donors (Lipinski definition) is 1. The number of rotatable bonds is 7. The number of amides is 1. The lowest BCUT2D eigenvalue weighted by molar-refractivity contribution is -0.0435. The molecule has 1 rings (SSSR count).